The van der Waals surface area contributed by atoms with Gasteiger partial charge >= 0.3 is 0 Å². The zero-order valence-corrected chi connectivity index (χ0v) is 15.8. The van der Waals surface area contributed by atoms with Crippen molar-refractivity contribution in [2.45, 2.75) is 18.7 Å². The van der Waals surface area contributed by atoms with Gasteiger partial charge in [-0.2, -0.15) is 5.10 Å². The molecule has 2 rings (SSSR count). The first kappa shape index (κ1) is 19.6. The van der Waals surface area contributed by atoms with Gasteiger partial charge in [0.05, 0.1) is 10.6 Å². The van der Waals surface area contributed by atoms with E-state index in [2.05, 4.69) is 10.5 Å². The van der Waals surface area contributed by atoms with Crippen molar-refractivity contribution in [3.8, 4) is 5.75 Å². The topological polar surface area (TPSA) is 99.1 Å². The molecule has 138 valence electrons. The highest BCUT2D eigenvalue weighted by Gasteiger charge is 2.18. The number of nitrogens with one attached hydrogen (secondary N) is 1. The molecule has 0 aliphatic rings. The predicted molar refractivity (Wildman–Crippen MR) is 99.8 cm³/mol. The van der Waals surface area contributed by atoms with Crippen molar-refractivity contribution in [3.05, 3.63) is 59.2 Å². The van der Waals surface area contributed by atoms with E-state index in [1.54, 1.807) is 25.1 Å². The molecular weight excluding hydrogens is 354 g/mol. The Bertz CT molecular complexity index is 966. The maximum absolute atomic E-state index is 12.3. The zero-order valence-electron chi connectivity index (χ0n) is 15.0. The molecule has 2 N–H and O–H groups in total. The van der Waals surface area contributed by atoms with Crippen LogP contribution in [0.4, 0.5) is 0 Å². The number of aryl methyl sites for hydroxylation is 1. The summed E-state index contributed by atoms with van der Waals surface area (Å²) in [5.41, 5.74) is 4.43. The van der Waals surface area contributed by atoms with Gasteiger partial charge in [0.25, 0.3) is 5.91 Å². The monoisotopic (exact) mass is 375 g/mol. The highest BCUT2D eigenvalue weighted by molar-refractivity contribution is 7.89. The van der Waals surface area contributed by atoms with Gasteiger partial charge in [0, 0.05) is 25.2 Å². The smallest absolute Gasteiger partial charge is 0.271 e. The van der Waals surface area contributed by atoms with E-state index in [1.807, 2.05) is 6.92 Å². The van der Waals surface area contributed by atoms with Crippen LogP contribution in [0.3, 0.4) is 0 Å². The molecule has 2 aromatic carbocycles. The number of carbonyl (C=O) groups excluding carboxylic acids is 1. The molecule has 0 spiro atoms. The summed E-state index contributed by atoms with van der Waals surface area (Å²) in [7, 11) is -0.792. The van der Waals surface area contributed by atoms with Crippen LogP contribution < -0.4 is 5.43 Å². The molecule has 0 bridgehead atoms. The van der Waals surface area contributed by atoms with Crippen molar-refractivity contribution in [1.82, 2.24) is 9.73 Å². The lowest BCUT2D eigenvalue weighted by Gasteiger charge is -2.12. The van der Waals surface area contributed by atoms with E-state index in [0.29, 0.717) is 11.3 Å². The number of carbonyl (C=O) groups is 1. The molecule has 0 aliphatic carbocycles. The second kappa shape index (κ2) is 7.67. The number of hydrogen-bond acceptors (Lipinski definition) is 5. The lowest BCUT2D eigenvalue weighted by atomic mass is 10.1. The highest BCUT2D eigenvalue weighted by Crippen LogP contribution is 2.19. The fourth-order valence-corrected chi connectivity index (χ4v) is 3.16. The standard InChI is InChI=1S/C18H21N3O4S/c1-12-8-9-17(22)16(10-12)13(2)19-20-18(23)14-6-5-7-15(11-14)26(24,25)21(3)4/h5-11,22H,1-4H3,(H,20,23)/b19-13+. The quantitative estimate of drug-likeness (QED) is 0.617. The van der Waals surface area contributed by atoms with Gasteiger partial charge in [-0.15, -0.1) is 0 Å². The lowest BCUT2D eigenvalue weighted by Crippen LogP contribution is -2.23. The average molecular weight is 375 g/mol. The lowest BCUT2D eigenvalue weighted by molar-refractivity contribution is 0.0954. The molecule has 0 aromatic heterocycles. The second-order valence-electron chi connectivity index (χ2n) is 5.97. The van der Waals surface area contributed by atoms with Crippen LogP contribution in [-0.4, -0.2) is 43.5 Å². The molecule has 0 radical (unpaired) electrons. The van der Waals surface area contributed by atoms with E-state index in [1.165, 1.54) is 38.4 Å². The Balaban J connectivity index is 2.24. The number of rotatable bonds is 5. The normalized spacial score (nSPS) is 12.3. The first-order chi connectivity index (χ1) is 12.1. The van der Waals surface area contributed by atoms with Gasteiger partial charge in [-0.3, -0.25) is 4.79 Å². The summed E-state index contributed by atoms with van der Waals surface area (Å²) in [4.78, 5) is 12.3. The van der Waals surface area contributed by atoms with E-state index in [4.69, 9.17) is 0 Å². The average Bonchev–Trinajstić information content (AvgIpc) is 2.61. The minimum absolute atomic E-state index is 0.0205. The van der Waals surface area contributed by atoms with Crippen LogP contribution in [0.5, 0.6) is 5.75 Å². The molecule has 26 heavy (non-hydrogen) atoms. The van der Waals surface area contributed by atoms with Gasteiger partial charge in [-0.1, -0.05) is 17.7 Å². The third-order valence-electron chi connectivity index (χ3n) is 3.74. The maximum Gasteiger partial charge on any atom is 0.271 e. The van der Waals surface area contributed by atoms with Crippen LogP contribution in [0.25, 0.3) is 0 Å². The molecule has 1 amide bonds. The molecule has 0 unspecified atom stereocenters. The van der Waals surface area contributed by atoms with E-state index in [0.717, 1.165) is 9.87 Å². The van der Waals surface area contributed by atoms with Gasteiger partial charge in [0.2, 0.25) is 10.0 Å². The number of phenols is 1. The number of sulfonamides is 1. The Hall–Kier alpha value is -2.71. The van der Waals surface area contributed by atoms with E-state index < -0.39 is 15.9 Å². The van der Waals surface area contributed by atoms with E-state index in [-0.39, 0.29) is 16.2 Å². The summed E-state index contributed by atoms with van der Waals surface area (Å²) < 4.78 is 25.4. The number of nitrogens with zero attached hydrogens (tertiary/aromatic N) is 2. The number of amides is 1. The van der Waals surface area contributed by atoms with Crippen molar-refractivity contribution in [2.24, 2.45) is 5.10 Å². The molecule has 0 saturated heterocycles. The molecule has 0 atom stereocenters. The zero-order chi connectivity index (χ0) is 19.5. The molecule has 2 aromatic rings. The highest BCUT2D eigenvalue weighted by atomic mass is 32.2. The SMILES string of the molecule is C/C(=N\NC(=O)c1cccc(S(=O)(=O)N(C)C)c1)c1cc(C)ccc1O. The van der Waals surface area contributed by atoms with Crippen molar-refractivity contribution >= 4 is 21.6 Å². The number of aromatic hydroxyl groups is 1. The molecule has 8 heteroatoms. The summed E-state index contributed by atoms with van der Waals surface area (Å²) in [6.45, 7) is 3.53. The third kappa shape index (κ3) is 4.27. The van der Waals surface area contributed by atoms with Gasteiger partial charge in [0.1, 0.15) is 5.75 Å². The van der Waals surface area contributed by atoms with Crippen LogP contribution in [0, 0.1) is 6.92 Å². The van der Waals surface area contributed by atoms with Crippen LogP contribution in [-0.2, 0) is 10.0 Å². The summed E-state index contributed by atoms with van der Waals surface area (Å²) in [6, 6.07) is 10.8. The fourth-order valence-electron chi connectivity index (χ4n) is 2.21. The summed E-state index contributed by atoms with van der Waals surface area (Å²) in [6.07, 6.45) is 0. The number of hydrogen-bond donors (Lipinski definition) is 2. The molecule has 0 saturated carbocycles. The number of benzene rings is 2. The number of hydrazone groups is 1. The molecule has 7 nitrogen and oxygen atoms in total. The number of phenolic OH excluding ortho intramolecular Hbond substituents is 1. The van der Waals surface area contributed by atoms with Crippen LogP contribution in [0.2, 0.25) is 0 Å². The Morgan fingerprint density at radius 3 is 2.50 bits per heavy atom. The summed E-state index contributed by atoms with van der Waals surface area (Å²) in [5, 5.41) is 13.9. The molecule has 0 heterocycles. The third-order valence-corrected chi connectivity index (χ3v) is 5.55. The van der Waals surface area contributed by atoms with Crippen molar-refractivity contribution in [2.75, 3.05) is 14.1 Å². The fraction of sp³-hybridized carbons (Fsp3) is 0.222. The first-order valence-electron chi connectivity index (χ1n) is 7.80. The molecule has 0 fully saturated rings. The van der Waals surface area contributed by atoms with Crippen LogP contribution in [0.15, 0.2) is 52.5 Å². The molecule has 0 aliphatic heterocycles. The Morgan fingerprint density at radius 2 is 1.85 bits per heavy atom. The Labute approximate surface area is 153 Å². The van der Waals surface area contributed by atoms with Crippen molar-refractivity contribution in [1.29, 1.82) is 0 Å². The van der Waals surface area contributed by atoms with Crippen molar-refractivity contribution < 1.29 is 18.3 Å². The van der Waals surface area contributed by atoms with Crippen LogP contribution in [0.1, 0.15) is 28.4 Å². The van der Waals surface area contributed by atoms with E-state index >= 15 is 0 Å². The van der Waals surface area contributed by atoms with Gasteiger partial charge in [-0.05, 0) is 44.2 Å². The summed E-state index contributed by atoms with van der Waals surface area (Å²) >= 11 is 0. The Morgan fingerprint density at radius 1 is 1.15 bits per heavy atom. The Kier molecular flexibility index (Phi) is 5.79. The van der Waals surface area contributed by atoms with Gasteiger partial charge in [0.15, 0.2) is 0 Å². The first-order valence-corrected chi connectivity index (χ1v) is 9.24. The van der Waals surface area contributed by atoms with Crippen molar-refractivity contribution in [3.63, 3.8) is 0 Å². The van der Waals surface area contributed by atoms with E-state index in [9.17, 15) is 18.3 Å². The van der Waals surface area contributed by atoms with Gasteiger partial charge < -0.3 is 5.11 Å². The second-order valence-corrected chi connectivity index (χ2v) is 8.13. The maximum atomic E-state index is 12.3. The summed E-state index contributed by atoms with van der Waals surface area (Å²) in [5.74, 6) is -0.488. The molecular formula is C18H21N3O4S. The largest absolute Gasteiger partial charge is 0.507 e. The van der Waals surface area contributed by atoms with Gasteiger partial charge in [-0.25, -0.2) is 18.1 Å². The minimum Gasteiger partial charge on any atom is -0.507 e. The predicted octanol–water partition coefficient (Wildman–Crippen LogP) is 2.10. The van der Waals surface area contributed by atoms with Crippen LogP contribution >= 0.6 is 0 Å². The minimum atomic E-state index is -3.63.